The predicted molar refractivity (Wildman–Crippen MR) is 80.1 cm³/mol. The summed E-state index contributed by atoms with van der Waals surface area (Å²) in [5.41, 5.74) is 12.8. The molecule has 1 aliphatic rings. The standard InChI is InChI=1S/C14H21ClFN3/c1-3-14(4-2)5-6-19(8-14)13-10(18)7-9(17)11(15)12(13)16/h7H,3-6,8,17-18H2,1-2H3. The second kappa shape index (κ2) is 5.08. The van der Waals surface area contributed by atoms with Gasteiger partial charge >= 0.3 is 0 Å². The maximum atomic E-state index is 14.3. The Balaban J connectivity index is 2.37. The molecule has 1 saturated heterocycles. The average molecular weight is 286 g/mol. The number of nitrogen functional groups attached to an aromatic ring is 2. The van der Waals surface area contributed by atoms with E-state index in [0.29, 0.717) is 11.4 Å². The lowest BCUT2D eigenvalue weighted by atomic mass is 9.82. The lowest BCUT2D eigenvalue weighted by Crippen LogP contribution is -2.27. The van der Waals surface area contributed by atoms with Gasteiger partial charge < -0.3 is 16.4 Å². The van der Waals surface area contributed by atoms with Crippen molar-refractivity contribution < 1.29 is 4.39 Å². The maximum absolute atomic E-state index is 14.3. The molecule has 106 valence electrons. The molecule has 19 heavy (non-hydrogen) atoms. The van der Waals surface area contributed by atoms with Gasteiger partial charge in [-0.15, -0.1) is 0 Å². The van der Waals surface area contributed by atoms with Crippen LogP contribution in [0.15, 0.2) is 6.07 Å². The zero-order valence-electron chi connectivity index (χ0n) is 11.5. The van der Waals surface area contributed by atoms with Crippen molar-refractivity contribution in [2.75, 3.05) is 29.5 Å². The highest BCUT2D eigenvalue weighted by atomic mass is 35.5. The highest BCUT2D eigenvalue weighted by Gasteiger charge is 2.36. The first kappa shape index (κ1) is 14.3. The molecule has 0 atom stereocenters. The van der Waals surface area contributed by atoms with Crippen LogP contribution in [0.1, 0.15) is 33.1 Å². The van der Waals surface area contributed by atoms with Crippen molar-refractivity contribution in [3.05, 3.63) is 16.9 Å². The number of benzene rings is 1. The molecule has 1 heterocycles. The van der Waals surface area contributed by atoms with Crippen molar-refractivity contribution in [1.82, 2.24) is 0 Å². The molecule has 1 aromatic carbocycles. The van der Waals surface area contributed by atoms with E-state index in [4.69, 9.17) is 23.1 Å². The van der Waals surface area contributed by atoms with Crippen LogP contribution in [0.3, 0.4) is 0 Å². The molecule has 5 heteroatoms. The monoisotopic (exact) mass is 285 g/mol. The Labute approximate surface area is 118 Å². The van der Waals surface area contributed by atoms with Crippen molar-refractivity contribution in [2.24, 2.45) is 5.41 Å². The van der Waals surface area contributed by atoms with Crippen LogP contribution in [0.2, 0.25) is 5.02 Å². The Morgan fingerprint density at radius 3 is 2.47 bits per heavy atom. The number of hydrogen-bond donors (Lipinski definition) is 2. The SMILES string of the molecule is CCC1(CC)CCN(c2c(N)cc(N)c(Cl)c2F)C1. The number of halogens is 2. The molecule has 0 bridgehead atoms. The summed E-state index contributed by atoms with van der Waals surface area (Å²) in [6.45, 7) is 6.00. The third-order valence-corrected chi connectivity index (χ3v) is 4.88. The topological polar surface area (TPSA) is 55.3 Å². The van der Waals surface area contributed by atoms with Gasteiger partial charge in [0.2, 0.25) is 0 Å². The quantitative estimate of drug-likeness (QED) is 0.833. The van der Waals surface area contributed by atoms with Crippen molar-refractivity contribution >= 4 is 28.7 Å². The Morgan fingerprint density at radius 2 is 1.95 bits per heavy atom. The molecule has 0 aromatic heterocycles. The van der Waals surface area contributed by atoms with Crippen LogP contribution in [0, 0.1) is 11.2 Å². The summed E-state index contributed by atoms with van der Waals surface area (Å²) in [5, 5.41) is -0.0327. The predicted octanol–water partition coefficient (Wildman–Crippen LogP) is 3.66. The molecule has 0 amide bonds. The summed E-state index contributed by atoms with van der Waals surface area (Å²) < 4.78 is 14.3. The second-order valence-corrected chi connectivity index (χ2v) is 5.79. The summed E-state index contributed by atoms with van der Waals surface area (Å²) in [6.07, 6.45) is 3.23. The van der Waals surface area contributed by atoms with E-state index in [1.54, 1.807) is 6.07 Å². The van der Waals surface area contributed by atoms with E-state index in [1.807, 2.05) is 4.90 Å². The zero-order valence-corrected chi connectivity index (χ0v) is 12.2. The van der Waals surface area contributed by atoms with Gasteiger partial charge in [0.05, 0.1) is 17.1 Å². The normalized spacial score (nSPS) is 18.0. The molecular formula is C14H21ClFN3. The molecule has 3 nitrogen and oxygen atoms in total. The molecular weight excluding hydrogens is 265 g/mol. The molecule has 0 spiro atoms. The molecule has 1 aliphatic heterocycles. The van der Waals surface area contributed by atoms with E-state index in [1.165, 1.54) is 0 Å². The van der Waals surface area contributed by atoms with Crippen LogP contribution in [0.25, 0.3) is 0 Å². The van der Waals surface area contributed by atoms with Gasteiger partial charge in [0.15, 0.2) is 5.82 Å². The zero-order chi connectivity index (χ0) is 14.2. The number of hydrogen-bond acceptors (Lipinski definition) is 3. The Hall–Kier alpha value is -1.16. The maximum Gasteiger partial charge on any atom is 0.169 e. The van der Waals surface area contributed by atoms with Crippen molar-refractivity contribution in [1.29, 1.82) is 0 Å². The van der Waals surface area contributed by atoms with Gasteiger partial charge in [0.1, 0.15) is 5.02 Å². The fourth-order valence-electron chi connectivity index (χ4n) is 2.93. The minimum Gasteiger partial charge on any atom is -0.397 e. The summed E-state index contributed by atoms with van der Waals surface area (Å²) in [4.78, 5) is 2.00. The van der Waals surface area contributed by atoms with Crippen LogP contribution < -0.4 is 16.4 Å². The first-order chi connectivity index (χ1) is 8.94. The summed E-state index contributed by atoms with van der Waals surface area (Å²) in [6, 6.07) is 1.54. The summed E-state index contributed by atoms with van der Waals surface area (Å²) >= 11 is 5.89. The fraction of sp³-hybridized carbons (Fsp3) is 0.571. The third-order valence-electron chi connectivity index (χ3n) is 4.49. The highest BCUT2D eigenvalue weighted by Crippen LogP contribution is 2.43. The molecule has 0 saturated carbocycles. The van der Waals surface area contributed by atoms with Crippen LogP contribution >= 0.6 is 11.6 Å². The van der Waals surface area contributed by atoms with Gasteiger partial charge in [-0.3, -0.25) is 0 Å². The molecule has 4 N–H and O–H groups in total. The number of nitrogens with zero attached hydrogens (tertiary/aromatic N) is 1. The second-order valence-electron chi connectivity index (χ2n) is 5.41. The van der Waals surface area contributed by atoms with E-state index in [-0.39, 0.29) is 16.1 Å². The summed E-state index contributed by atoms with van der Waals surface area (Å²) in [7, 11) is 0. The van der Waals surface area contributed by atoms with Gasteiger partial charge in [-0.1, -0.05) is 25.4 Å². The Kier molecular flexibility index (Phi) is 3.81. The minimum atomic E-state index is -0.498. The van der Waals surface area contributed by atoms with Crippen LogP contribution in [0.4, 0.5) is 21.5 Å². The lowest BCUT2D eigenvalue weighted by molar-refractivity contribution is 0.301. The highest BCUT2D eigenvalue weighted by molar-refractivity contribution is 6.33. The van der Waals surface area contributed by atoms with E-state index >= 15 is 0 Å². The van der Waals surface area contributed by atoms with Crippen LogP contribution in [-0.4, -0.2) is 13.1 Å². The molecule has 0 aliphatic carbocycles. The molecule has 1 fully saturated rings. The van der Waals surface area contributed by atoms with Crippen LogP contribution in [-0.2, 0) is 0 Å². The molecule has 0 unspecified atom stereocenters. The smallest absolute Gasteiger partial charge is 0.169 e. The first-order valence-corrected chi connectivity index (χ1v) is 7.10. The molecule has 1 aromatic rings. The summed E-state index contributed by atoms with van der Waals surface area (Å²) in [5.74, 6) is -0.498. The number of anilines is 3. The number of rotatable bonds is 3. The van der Waals surface area contributed by atoms with Crippen molar-refractivity contribution in [3.63, 3.8) is 0 Å². The van der Waals surface area contributed by atoms with Crippen molar-refractivity contribution in [2.45, 2.75) is 33.1 Å². The van der Waals surface area contributed by atoms with Gasteiger partial charge in [0, 0.05) is 13.1 Å². The Bertz CT molecular complexity index is 486. The number of nitrogens with two attached hydrogens (primary N) is 2. The lowest BCUT2D eigenvalue weighted by Gasteiger charge is -2.28. The molecule has 2 rings (SSSR count). The Morgan fingerprint density at radius 1 is 1.32 bits per heavy atom. The third kappa shape index (κ3) is 2.34. The van der Waals surface area contributed by atoms with E-state index < -0.39 is 5.82 Å². The van der Waals surface area contributed by atoms with Gasteiger partial charge in [-0.2, -0.15) is 0 Å². The van der Waals surface area contributed by atoms with Gasteiger partial charge in [0.25, 0.3) is 0 Å². The largest absolute Gasteiger partial charge is 0.397 e. The first-order valence-electron chi connectivity index (χ1n) is 6.72. The fourth-order valence-corrected chi connectivity index (χ4v) is 3.08. The minimum absolute atomic E-state index is 0.0327. The van der Waals surface area contributed by atoms with Gasteiger partial charge in [-0.05, 0) is 30.7 Å². The van der Waals surface area contributed by atoms with E-state index in [2.05, 4.69) is 13.8 Å². The average Bonchev–Trinajstić information content (AvgIpc) is 2.81. The molecule has 0 radical (unpaired) electrons. The van der Waals surface area contributed by atoms with E-state index in [9.17, 15) is 4.39 Å². The van der Waals surface area contributed by atoms with Gasteiger partial charge in [-0.25, -0.2) is 4.39 Å². The van der Waals surface area contributed by atoms with E-state index in [0.717, 1.165) is 32.4 Å². The van der Waals surface area contributed by atoms with Crippen LogP contribution in [0.5, 0.6) is 0 Å². The van der Waals surface area contributed by atoms with Crippen molar-refractivity contribution in [3.8, 4) is 0 Å².